The normalized spacial score (nSPS) is 10.9. The Labute approximate surface area is 148 Å². The van der Waals surface area contributed by atoms with E-state index in [1.165, 1.54) is 4.88 Å². The van der Waals surface area contributed by atoms with Crippen LogP contribution in [0.3, 0.4) is 0 Å². The molecular weight excluding hydrogens is 349 g/mol. The maximum atomic E-state index is 12.3. The van der Waals surface area contributed by atoms with E-state index in [1.54, 1.807) is 23.6 Å². The number of hydrogen-bond acceptors (Lipinski definition) is 2. The first-order chi connectivity index (χ1) is 11.1. The number of thiophene rings is 1. The molecule has 2 nitrogen and oxygen atoms in total. The fraction of sp³-hybridized carbons (Fsp3) is 0.167. The van der Waals surface area contributed by atoms with Crippen LogP contribution in [0.25, 0.3) is 0 Å². The van der Waals surface area contributed by atoms with Gasteiger partial charge in [0.1, 0.15) is 5.15 Å². The van der Waals surface area contributed by atoms with Gasteiger partial charge < -0.3 is 4.57 Å². The first kappa shape index (κ1) is 16.3. The maximum Gasteiger partial charge on any atom is 0.186 e. The second-order valence-electron chi connectivity index (χ2n) is 5.37. The van der Waals surface area contributed by atoms with Gasteiger partial charge in [-0.2, -0.15) is 0 Å². The first-order valence-electron chi connectivity index (χ1n) is 7.20. The highest BCUT2D eigenvalue weighted by atomic mass is 35.5. The van der Waals surface area contributed by atoms with Crippen molar-refractivity contribution in [2.75, 3.05) is 0 Å². The largest absolute Gasteiger partial charge is 0.333 e. The van der Waals surface area contributed by atoms with E-state index in [2.05, 4.69) is 6.07 Å². The van der Waals surface area contributed by atoms with Crippen LogP contribution >= 0.6 is 34.5 Å². The molecule has 0 fully saturated rings. The Kier molecular flexibility index (Phi) is 4.90. The predicted octanol–water partition coefficient (Wildman–Crippen LogP) is 5.16. The molecule has 0 aliphatic carbocycles. The summed E-state index contributed by atoms with van der Waals surface area (Å²) in [6, 6.07) is 11.4. The van der Waals surface area contributed by atoms with E-state index < -0.39 is 0 Å². The Morgan fingerprint density at radius 1 is 1.09 bits per heavy atom. The van der Waals surface area contributed by atoms with Crippen molar-refractivity contribution in [3.63, 3.8) is 0 Å². The van der Waals surface area contributed by atoms with E-state index in [1.807, 2.05) is 41.1 Å². The van der Waals surface area contributed by atoms with Crippen molar-refractivity contribution in [3.8, 4) is 0 Å². The topological polar surface area (TPSA) is 22.0 Å². The van der Waals surface area contributed by atoms with Gasteiger partial charge in [-0.05, 0) is 35.6 Å². The predicted molar refractivity (Wildman–Crippen MR) is 98.1 cm³/mol. The standard InChI is InChI=1S/C18H15Cl2NOS/c1-12-4-2-6-16(19)14(12)10-15-17(22)7-8-21(18(15)20)11-13-5-3-9-23-13/h2-9H,10-11H2,1H3. The number of aryl methyl sites for hydroxylation is 1. The summed E-state index contributed by atoms with van der Waals surface area (Å²) in [5.41, 5.74) is 2.53. The third-order valence-corrected chi connectivity index (χ3v) is 5.48. The second-order valence-corrected chi connectivity index (χ2v) is 7.17. The van der Waals surface area contributed by atoms with Crippen LogP contribution < -0.4 is 5.43 Å². The van der Waals surface area contributed by atoms with E-state index in [0.29, 0.717) is 28.7 Å². The molecule has 0 saturated carbocycles. The molecule has 118 valence electrons. The highest BCUT2D eigenvalue weighted by molar-refractivity contribution is 7.09. The molecular formula is C18H15Cl2NOS. The summed E-state index contributed by atoms with van der Waals surface area (Å²) in [5, 5.41) is 3.17. The molecule has 0 saturated heterocycles. The van der Waals surface area contributed by atoms with Crippen LogP contribution in [0.5, 0.6) is 0 Å². The summed E-state index contributed by atoms with van der Waals surface area (Å²) < 4.78 is 1.90. The summed E-state index contributed by atoms with van der Waals surface area (Å²) in [5.74, 6) is 0. The fourth-order valence-electron chi connectivity index (χ4n) is 2.52. The van der Waals surface area contributed by atoms with Gasteiger partial charge >= 0.3 is 0 Å². The van der Waals surface area contributed by atoms with Gasteiger partial charge in [-0.3, -0.25) is 4.79 Å². The van der Waals surface area contributed by atoms with Gasteiger partial charge in [-0.1, -0.05) is 41.4 Å². The summed E-state index contributed by atoms with van der Waals surface area (Å²) in [4.78, 5) is 13.5. The Bertz CT molecular complexity index is 864. The van der Waals surface area contributed by atoms with Crippen molar-refractivity contribution in [1.82, 2.24) is 4.57 Å². The summed E-state index contributed by atoms with van der Waals surface area (Å²) >= 11 is 14.5. The monoisotopic (exact) mass is 363 g/mol. The molecule has 0 N–H and O–H groups in total. The van der Waals surface area contributed by atoms with Crippen LogP contribution in [0.4, 0.5) is 0 Å². The Morgan fingerprint density at radius 3 is 2.61 bits per heavy atom. The quantitative estimate of drug-likeness (QED) is 0.586. The van der Waals surface area contributed by atoms with Gasteiger partial charge in [-0.15, -0.1) is 11.3 Å². The van der Waals surface area contributed by atoms with Crippen molar-refractivity contribution >= 4 is 34.5 Å². The number of hydrogen-bond donors (Lipinski definition) is 0. The first-order valence-corrected chi connectivity index (χ1v) is 8.84. The summed E-state index contributed by atoms with van der Waals surface area (Å²) in [6.45, 7) is 2.65. The lowest BCUT2D eigenvalue weighted by Gasteiger charge is -2.13. The zero-order valence-corrected chi connectivity index (χ0v) is 14.9. The summed E-state index contributed by atoms with van der Waals surface area (Å²) in [6.07, 6.45) is 2.18. The van der Waals surface area contributed by atoms with Crippen molar-refractivity contribution in [2.24, 2.45) is 0 Å². The van der Waals surface area contributed by atoms with Crippen molar-refractivity contribution in [3.05, 3.63) is 89.9 Å². The molecule has 2 heterocycles. The van der Waals surface area contributed by atoms with Crippen LogP contribution in [-0.4, -0.2) is 4.57 Å². The maximum absolute atomic E-state index is 12.3. The van der Waals surface area contributed by atoms with Crippen molar-refractivity contribution in [2.45, 2.75) is 19.9 Å². The molecule has 0 amide bonds. The van der Waals surface area contributed by atoms with Crippen LogP contribution in [0.2, 0.25) is 10.2 Å². The Balaban J connectivity index is 2.00. The van der Waals surface area contributed by atoms with Crippen LogP contribution in [0, 0.1) is 6.92 Å². The molecule has 0 bridgehead atoms. The van der Waals surface area contributed by atoms with Gasteiger partial charge in [0.05, 0.1) is 6.54 Å². The van der Waals surface area contributed by atoms with Gasteiger partial charge in [0.15, 0.2) is 5.43 Å². The molecule has 3 aromatic rings. The number of pyridine rings is 1. The minimum atomic E-state index is -0.0586. The van der Waals surface area contributed by atoms with Crippen LogP contribution in [0.1, 0.15) is 21.6 Å². The van der Waals surface area contributed by atoms with Crippen LogP contribution in [0.15, 0.2) is 52.8 Å². The molecule has 0 aliphatic heterocycles. The van der Waals surface area contributed by atoms with Gasteiger partial charge in [0.2, 0.25) is 0 Å². The number of aromatic nitrogens is 1. The van der Waals surface area contributed by atoms with E-state index in [9.17, 15) is 4.79 Å². The van der Waals surface area contributed by atoms with Crippen molar-refractivity contribution < 1.29 is 0 Å². The van der Waals surface area contributed by atoms with E-state index in [4.69, 9.17) is 23.2 Å². The Morgan fingerprint density at radius 2 is 1.91 bits per heavy atom. The number of rotatable bonds is 4. The zero-order chi connectivity index (χ0) is 16.4. The lowest BCUT2D eigenvalue weighted by Crippen LogP contribution is -2.15. The van der Waals surface area contributed by atoms with Crippen LogP contribution in [-0.2, 0) is 13.0 Å². The zero-order valence-electron chi connectivity index (χ0n) is 12.6. The lowest BCUT2D eigenvalue weighted by atomic mass is 10.0. The molecule has 2 aromatic heterocycles. The molecule has 0 atom stereocenters. The average molecular weight is 364 g/mol. The molecule has 0 aliphatic rings. The lowest BCUT2D eigenvalue weighted by molar-refractivity contribution is 0.790. The molecule has 5 heteroatoms. The van der Waals surface area contributed by atoms with E-state index in [-0.39, 0.29) is 5.43 Å². The fourth-order valence-corrected chi connectivity index (χ4v) is 3.79. The highest BCUT2D eigenvalue weighted by Gasteiger charge is 2.13. The Hall–Kier alpha value is -1.55. The smallest absolute Gasteiger partial charge is 0.186 e. The molecule has 0 radical (unpaired) electrons. The third kappa shape index (κ3) is 3.52. The van der Waals surface area contributed by atoms with Gasteiger partial charge in [0, 0.05) is 34.1 Å². The second kappa shape index (κ2) is 6.91. The molecule has 23 heavy (non-hydrogen) atoms. The molecule has 1 aromatic carbocycles. The van der Waals surface area contributed by atoms with Crippen molar-refractivity contribution in [1.29, 1.82) is 0 Å². The SMILES string of the molecule is Cc1cccc(Cl)c1Cc1c(Cl)n(Cc2cccs2)ccc1=O. The minimum Gasteiger partial charge on any atom is -0.333 e. The third-order valence-electron chi connectivity index (χ3n) is 3.82. The molecule has 3 rings (SSSR count). The van der Waals surface area contributed by atoms with Gasteiger partial charge in [-0.25, -0.2) is 0 Å². The molecule has 0 spiro atoms. The summed E-state index contributed by atoms with van der Waals surface area (Å²) in [7, 11) is 0. The van der Waals surface area contributed by atoms with E-state index >= 15 is 0 Å². The highest BCUT2D eigenvalue weighted by Crippen LogP contribution is 2.25. The minimum absolute atomic E-state index is 0.0586. The number of halogens is 2. The molecule has 0 unspecified atom stereocenters. The van der Waals surface area contributed by atoms with E-state index in [0.717, 1.165) is 11.1 Å². The number of benzene rings is 1. The number of nitrogens with zero attached hydrogens (tertiary/aromatic N) is 1. The average Bonchev–Trinajstić information content (AvgIpc) is 3.02. The van der Waals surface area contributed by atoms with Gasteiger partial charge in [0.25, 0.3) is 0 Å².